The van der Waals surface area contributed by atoms with Crippen molar-refractivity contribution in [1.29, 1.82) is 5.26 Å². The van der Waals surface area contributed by atoms with Gasteiger partial charge in [0.2, 0.25) is 5.91 Å². The molecule has 278 valence electrons. The van der Waals surface area contributed by atoms with Crippen LogP contribution in [-0.4, -0.2) is 45.6 Å². The van der Waals surface area contributed by atoms with Gasteiger partial charge in [0.25, 0.3) is 0 Å². The van der Waals surface area contributed by atoms with E-state index in [0.29, 0.717) is 39.6 Å². The van der Waals surface area contributed by atoms with Crippen LogP contribution < -0.4 is 5.32 Å². The van der Waals surface area contributed by atoms with Crippen LogP contribution in [0.4, 0.5) is 13.2 Å². The Morgan fingerprint density at radius 3 is 2.54 bits per heavy atom. The van der Waals surface area contributed by atoms with E-state index in [0.717, 1.165) is 42.4 Å². The lowest BCUT2D eigenvalue weighted by molar-refractivity contribution is -0.138. The largest absolute Gasteiger partial charge is 0.371 e. The summed E-state index contributed by atoms with van der Waals surface area (Å²) in [5.41, 5.74) is 3.29. The second-order valence-electron chi connectivity index (χ2n) is 15.7. The normalized spacial score (nSPS) is 24.0. The predicted molar refractivity (Wildman–Crippen MR) is 202 cm³/mol. The zero-order chi connectivity index (χ0) is 37.6. The zero-order valence-corrected chi connectivity index (χ0v) is 31.4. The van der Waals surface area contributed by atoms with Gasteiger partial charge in [-0.2, -0.15) is 5.26 Å². The Morgan fingerprint density at radius 2 is 1.85 bits per heavy atom. The molecule has 12 heteroatoms. The monoisotopic (exact) mass is 771 g/mol. The number of amides is 1. The number of pyridine rings is 1. The summed E-state index contributed by atoms with van der Waals surface area (Å²) in [7, 11) is 0. The van der Waals surface area contributed by atoms with E-state index < -0.39 is 35.0 Å². The molecule has 1 N–H and O–H groups in total. The minimum absolute atomic E-state index is 0.0368. The molecule has 10 rings (SSSR count). The van der Waals surface area contributed by atoms with E-state index in [9.17, 15) is 18.8 Å². The Hall–Kier alpha value is -4.14. The van der Waals surface area contributed by atoms with Crippen molar-refractivity contribution in [3.63, 3.8) is 0 Å². The highest BCUT2D eigenvalue weighted by molar-refractivity contribution is 6.43. The summed E-state index contributed by atoms with van der Waals surface area (Å²) in [5, 5.41) is 15.2. The summed E-state index contributed by atoms with van der Waals surface area (Å²) < 4.78 is 55.0. The molecule has 3 saturated heterocycles. The zero-order valence-electron chi connectivity index (χ0n) is 29.9. The second kappa shape index (κ2) is 13.3. The van der Waals surface area contributed by atoms with E-state index in [1.807, 2.05) is 24.8 Å². The molecule has 5 unspecified atom stereocenters. The molecule has 7 nitrogen and oxygen atoms in total. The van der Waals surface area contributed by atoms with Crippen LogP contribution in [0.25, 0.3) is 32.9 Å². The highest BCUT2D eigenvalue weighted by atomic mass is 35.5. The molecular formula is C42H38Cl2F3N5O2. The molecular weight excluding hydrogens is 734 g/mol. The van der Waals surface area contributed by atoms with Gasteiger partial charge < -0.3 is 19.5 Å². The number of carbonyl (C=O) groups is 1. The van der Waals surface area contributed by atoms with Crippen LogP contribution in [-0.2, 0) is 22.6 Å². The standard InChI is InChI=1S/C42H38Cl2F3N5O2/c1-21-26-17-34(33-16-24(19-51(33)41(53)42(2)11-12-42)54-20-28-30(45)9-4-10-31(28)46)52(39-23-15-32(39)49-18-23)40(26)27-14-22(6-5-13-48)35(37(47)38(27)50-21)25-7-3-8-29(43)36(25)44/h3-4,7-10,14,17,23-24,32-33,39,49H,5-6,11-12,15-16,18-20H2,1-2H3. The molecule has 5 aliphatic rings. The van der Waals surface area contributed by atoms with Crippen molar-refractivity contribution < 1.29 is 22.7 Å². The number of hydrogen-bond donors (Lipinski definition) is 1. The summed E-state index contributed by atoms with van der Waals surface area (Å²) in [6.45, 7) is 4.72. The fraction of sp³-hybridized carbons (Fsp3) is 0.405. The number of benzene rings is 3. The Balaban J connectivity index is 1.23. The number of nitrogens with zero attached hydrogens (tertiary/aromatic N) is 4. The van der Waals surface area contributed by atoms with Crippen LogP contribution in [0.5, 0.6) is 0 Å². The van der Waals surface area contributed by atoms with Gasteiger partial charge in [-0.1, -0.05) is 48.3 Å². The van der Waals surface area contributed by atoms with Crippen molar-refractivity contribution in [2.24, 2.45) is 11.3 Å². The second-order valence-corrected chi connectivity index (χ2v) is 16.5. The van der Waals surface area contributed by atoms with Crippen molar-refractivity contribution in [2.45, 2.75) is 83.2 Å². The van der Waals surface area contributed by atoms with E-state index in [4.69, 9.17) is 32.9 Å². The Bertz CT molecular complexity index is 2390. The van der Waals surface area contributed by atoms with Crippen LogP contribution in [0.1, 0.15) is 73.6 Å². The van der Waals surface area contributed by atoms with E-state index in [2.05, 4.69) is 22.0 Å². The molecule has 54 heavy (non-hydrogen) atoms. The number of nitrogens with one attached hydrogen (secondary N) is 1. The Morgan fingerprint density at radius 1 is 1.09 bits per heavy atom. The summed E-state index contributed by atoms with van der Waals surface area (Å²) in [4.78, 5) is 21.1. The first-order valence-corrected chi connectivity index (χ1v) is 19.3. The smallest absolute Gasteiger partial charge is 0.229 e. The van der Waals surface area contributed by atoms with Gasteiger partial charge in [-0.15, -0.1) is 0 Å². The lowest BCUT2D eigenvalue weighted by Crippen LogP contribution is -2.41. The molecule has 0 spiro atoms. The third-order valence-electron chi connectivity index (χ3n) is 12.3. The first-order chi connectivity index (χ1) is 26.0. The molecule has 5 atom stereocenters. The molecule has 3 aliphatic heterocycles. The van der Waals surface area contributed by atoms with Crippen molar-refractivity contribution in [2.75, 3.05) is 13.1 Å². The average molecular weight is 773 g/mol. The molecule has 5 aromatic rings. The lowest BCUT2D eigenvalue weighted by Gasteiger charge is -2.39. The summed E-state index contributed by atoms with van der Waals surface area (Å²) in [6, 6.07) is 14.9. The van der Waals surface area contributed by atoms with Gasteiger partial charge in [-0.25, -0.2) is 18.2 Å². The van der Waals surface area contributed by atoms with Gasteiger partial charge in [0.05, 0.1) is 46.4 Å². The highest BCUT2D eigenvalue weighted by Gasteiger charge is 2.53. The summed E-state index contributed by atoms with van der Waals surface area (Å²) in [5.74, 6) is -1.51. The number of nitriles is 1. The van der Waals surface area contributed by atoms with E-state index in [1.165, 1.54) is 18.2 Å². The number of likely N-dealkylation sites (tertiary alicyclic amines) is 1. The molecule has 5 heterocycles. The highest BCUT2D eigenvalue weighted by Crippen LogP contribution is 2.53. The third kappa shape index (κ3) is 5.61. The van der Waals surface area contributed by atoms with Crippen LogP contribution in [0.3, 0.4) is 0 Å². The van der Waals surface area contributed by atoms with Crippen molar-refractivity contribution >= 4 is 50.9 Å². The number of rotatable bonds is 9. The van der Waals surface area contributed by atoms with E-state index in [1.54, 1.807) is 18.2 Å². The maximum atomic E-state index is 17.2. The Labute approximate surface area is 321 Å². The number of fused-ring (bicyclic) bond motifs is 4. The number of aromatic nitrogens is 2. The third-order valence-corrected chi connectivity index (χ3v) is 13.2. The van der Waals surface area contributed by atoms with E-state index in [-0.39, 0.29) is 65.7 Å². The minimum atomic E-state index is -0.673. The SMILES string of the molecule is Cc1nc2c(F)c(-c3cccc(Cl)c3Cl)c(CCC#N)cc2c2c1cc(C1CC(OCc3c(F)cccc3F)CN1C(=O)C1(C)CC1)n2C1C2CNC1C2. The van der Waals surface area contributed by atoms with Crippen molar-refractivity contribution in [3.8, 4) is 17.2 Å². The molecule has 2 aliphatic carbocycles. The number of halogens is 5. The average Bonchev–Trinajstić information content (AvgIpc) is 3.59. The van der Waals surface area contributed by atoms with E-state index >= 15 is 4.39 Å². The number of ether oxygens (including phenoxy) is 1. The predicted octanol–water partition coefficient (Wildman–Crippen LogP) is 9.54. The topological polar surface area (TPSA) is 83.2 Å². The molecule has 5 fully saturated rings. The van der Waals surface area contributed by atoms with Gasteiger partial charge in [0.15, 0.2) is 5.82 Å². The first kappa shape index (κ1) is 35.6. The summed E-state index contributed by atoms with van der Waals surface area (Å²) >= 11 is 13.1. The number of hydrogen-bond acceptors (Lipinski definition) is 5. The van der Waals surface area contributed by atoms with Crippen molar-refractivity contribution in [3.05, 3.63) is 98.5 Å². The van der Waals surface area contributed by atoms with Crippen molar-refractivity contribution in [1.82, 2.24) is 19.8 Å². The number of carbonyl (C=O) groups excluding carboxylic acids is 1. The molecule has 0 radical (unpaired) electrons. The fourth-order valence-corrected chi connectivity index (χ4v) is 9.54. The minimum Gasteiger partial charge on any atom is -0.371 e. The first-order valence-electron chi connectivity index (χ1n) is 18.6. The maximum Gasteiger partial charge on any atom is 0.229 e. The van der Waals surface area contributed by atoms with Crippen LogP contribution in [0.2, 0.25) is 10.0 Å². The Kier molecular flexibility index (Phi) is 8.73. The molecule has 2 aromatic heterocycles. The molecule has 2 saturated carbocycles. The lowest BCUT2D eigenvalue weighted by atomic mass is 9.79. The molecule has 2 bridgehead atoms. The van der Waals surface area contributed by atoms with Gasteiger partial charge in [-0.3, -0.25) is 4.79 Å². The number of aryl methyl sites for hydroxylation is 2. The van der Waals surface area contributed by atoms with Gasteiger partial charge in [-0.05, 0) is 74.4 Å². The van der Waals surface area contributed by atoms with Gasteiger partial charge >= 0.3 is 0 Å². The molecule has 1 amide bonds. The van der Waals surface area contributed by atoms with Crippen LogP contribution in [0, 0.1) is 47.0 Å². The molecule has 3 aromatic carbocycles. The summed E-state index contributed by atoms with van der Waals surface area (Å²) in [6.07, 6.45) is 2.99. The van der Waals surface area contributed by atoms with Crippen LogP contribution >= 0.6 is 23.2 Å². The van der Waals surface area contributed by atoms with Gasteiger partial charge in [0, 0.05) is 76.2 Å². The van der Waals surface area contributed by atoms with Crippen LogP contribution in [0.15, 0.2) is 48.5 Å². The maximum absolute atomic E-state index is 17.2. The van der Waals surface area contributed by atoms with Gasteiger partial charge in [0.1, 0.15) is 17.2 Å². The quantitative estimate of drug-likeness (QED) is 0.162. The fourth-order valence-electron chi connectivity index (χ4n) is 9.14.